The minimum Gasteiger partial charge on any atom is -0.459 e. The summed E-state index contributed by atoms with van der Waals surface area (Å²) in [5.41, 5.74) is 0.207. The van der Waals surface area contributed by atoms with Crippen molar-refractivity contribution in [3.05, 3.63) is 41.4 Å². The average molecular weight is 402 g/mol. The molecule has 0 radical (unpaired) electrons. The number of nitrogens with zero attached hydrogens (tertiary/aromatic N) is 2. The van der Waals surface area contributed by atoms with Crippen LogP contribution in [0.15, 0.2) is 36.4 Å². The number of pyridine rings is 1. The molecule has 0 fully saturated rings. The van der Waals surface area contributed by atoms with Crippen molar-refractivity contribution in [3.8, 4) is 5.88 Å². The van der Waals surface area contributed by atoms with Crippen molar-refractivity contribution >= 4 is 40.6 Å². The highest BCUT2D eigenvalue weighted by Crippen LogP contribution is 2.43. The number of amides is 2. The highest BCUT2D eigenvalue weighted by Gasteiger charge is 2.47. The molecule has 2 amide bonds. The molecule has 0 bridgehead atoms. The van der Waals surface area contributed by atoms with Crippen LogP contribution in [0.3, 0.4) is 0 Å². The molecule has 2 heterocycles. The minimum atomic E-state index is -1.01. The number of ether oxygens (including phenoxy) is 1. The minimum absolute atomic E-state index is 0.133. The van der Waals surface area contributed by atoms with Crippen LogP contribution in [0, 0.1) is 5.92 Å². The molecule has 0 aliphatic carbocycles. The molecule has 0 saturated carbocycles. The summed E-state index contributed by atoms with van der Waals surface area (Å²) in [6.45, 7) is 7.45. The lowest BCUT2D eigenvalue weighted by Crippen LogP contribution is -2.54. The van der Waals surface area contributed by atoms with Crippen LogP contribution in [0.25, 0.3) is 0 Å². The zero-order valence-electron chi connectivity index (χ0n) is 16.5. The number of nitrogens with one attached hydrogen (secondary N) is 1. The van der Waals surface area contributed by atoms with Gasteiger partial charge in [0.15, 0.2) is 5.60 Å². The number of hydrogen-bond acceptors (Lipinski definition) is 4. The van der Waals surface area contributed by atoms with E-state index in [0.29, 0.717) is 40.9 Å². The molecule has 0 atom stereocenters. The monoisotopic (exact) mass is 401 g/mol. The molecule has 1 aliphatic rings. The zero-order valence-corrected chi connectivity index (χ0v) is 17.2. The van der Waals surface area contributed by atoms with Gasteiger partial charge >= 0.3 is 0 Å². The Morgan fingerprint density at radius 2 is 1.82 bits per heavy atom. The lowest BCUT2D eigenvalue weighted by atomic mass is 9.93. The van der Waals surface area contributed by atoms with E-state index in [1.807, 2.05) is 27.7 Å². The third kappa shape index (κ3) is 3.56. The van der Waals surface area contributed by atoms with Gasteiger partial charge in [-0.3, -0.25) is 14.5 Å². The van der Waals surface area contributed by atoms with Crippen molar-refractivity contribution in [2.24, 2.45) is 5.92 Å². The SMILES string of the molecule is CCC1(CC)Oc2nc(NC(=O)C(C)C)ccc2N(c2ccc(Cl)cc2)C1=O. The molecule has 0 unspecified atom stereocenters. The molecular weight excluding hydrogens is 378 g/mol. The first-order valence-electron chi connectivity index (χ1n) is 9.42. The summed E-state index contributed by atoms with van der Waals surface area (Å²) >= 11 is 6.01. The van der Waals surface area contributed by atoms with E-state index in [-0.39, 0.29) is 17.7 Å². The Morgan fingerprint density at radius 1 is 1.18 bits per heavy atom. The second-order valence-electron chi connectivity index (χ2n) is 7.09. The van der Waals surface area contributed by atoms with E-state index in [1.165, 1.54) is 0 Å². The number of halogens is 1. The highest BCUT2D eigenvalue weighted by molar-refractivity contribution is 6.30. The Morgan fingerprint density at radius 3 is 2.39 bits per heavy atom. The van der Waals surface area contributed by atoms with Crippen molar-refractivity contribution in [1.82, 2.24) is 4.98 Å². The second-order valence-corrected chi connectivity index (χ2v) is 7.52. The van der Waals surface area contributed by atoms with E-state index in [4.69, 9.17) is 16.3 Å². The Hall–Kier alpha value is -2.60. The fraction of sp³-hybridized carbons (Fsp3) is 0.381. The van der Waals surface area contributed by atoms with Crippen molar-refractivity contribution in [2.75, 3.05) is 10.2 Å². The molecule has 148 valence electrons. The van der Waals surface area contributed by atoms with Gasteiger partial charge in [-0.15, -0.1) is 0 Å². The molecule has 1 N–H and O–H groups in total. The largest absolute Gasteiger partial charge is 0.459 e. The number of benzene rings is 1. The number of hydrogen-bond donors (Lipinski definition) is 1. The molecule has 1 aliphatic heterocycles. The highest BCUT2D eigenvalue weighted by atomic mass is 35.5. The molecule has 3 rings (SSSR count). The summed E-state index contributed by atoms with van der Waals surface area (Å²) in [5, 5.41) is 3.37. The summed E-state index contributed by atoms with van der Waals surface area (Å²) in [6.07, 6.45) is 0.992. The van der Waals surface area contributed by atoms with Gasteiger partial charge in [-0.2, -0.15) is 4.98 Å². The van der Waals surface area contributed by atoms with Gasteiger partial charge in [-0.25, -0.2) is 0 Å². The van der Waals surface area contributed by atoms with Crippen LogP contribution in [0.4, 0.5) is 17.2 Å². The quantitative estimate of drug-likeness (QED) is 0.769. The van der Waals surface area contributed by atoms with Gasteiger partial charge in [0.05, 0.1) is 0 Å². The number of fused-ring (bicyclic) bond motifs is 1. The molecule has 6 nitrogen and oxygen atoms in total. The molecule has 0 saturated heterocycles. The molecule has 7 heteroatoms. The predicted molar refractivity (Wildman–Crippen MR) is 110 cm³/mol. The third-order valence-electron chi connectivity index (χ3n) is 4.97. The normalized spacial score (nSPS) is 15.2. The third-order valence-corrected chi connectivity index (χ3v) is 5.22. The number of anilines is 3. The number of carbonyl (C=O) groups is 2. The van der Waals surface area contributed by atoms with Gasteiger partial charge in [-0.05, 0) is 49.2 Å². The van der Waals surface area contributed by atoms with Crippen LogP contribution in [0.1, 0.15) is 40.5 Å². The van der Waals surface area contributed by atoms with Crippen molar-refractivity contribution in [2.45, 2.75) is 46.1 Å². The van der Waals surface area contributed by atoms with Crippen LogP contribution >= 0.6 is 11.6 Å². The number of rotatable bonds is 5. The van der Waals surface area contributed by atoms with E-state index in [1.54, 1.807) is 41.3 Å². The van der Waals surface area contributed by atoms with Crippen LogP contribution in [-0.4, -0.2) is 22.4 Å². The van der Waals surface area contributed by atoms with Gasteiger partial charge in [0.1, 0.15) is 11.5 Å². The number of carbonyl (C=O) groups excluding carboxylic acids is 2. The molecule has 2 aromatic rings. The first-order chi connectivity index (χ1) is 13.3. The Balaban J connectivity index is 2.10. The van der Waals surface area contributed by atoms with E-state index in [0.717, 1.165) is 0 Å². The lowest BCUT2D eigenvalue weighted by molar-refractivity contribution is -0.135. The van der Waals surface area contributed by atoms with E-state index < -0.39 is 5.60 Å². The first-order valence-corrected chi connectivity index (χ1v) is 9.80. The van der Waals surface area contributed by atoms with Gasteiger partial charge in [0.2, 0.25) is 11.8 Å². The maximum absolute atomic E-state index is 13.4. The standard InChI is InChI=1S/C21H24ClN3O3/c1-5-21(6-2)20(27)25(15-9-7-14(22)8-10-15)16-11-12-17(24-19(16)28-21)23-18(26)13(3)4/h7-13H,5-6H2,1-4H3,(H,23,24,26). The zero-order chi connectivity index (χ0) is 20.5. The average Bonchev–Trinajstić information content (AvgIpc) is 2.68. The van der Waals surface area contributed by atoms with Gasteiger partial charge in [-0.1, -0.05) is 39.3 Å². The van der Waals surface area contributed by atoms with Crippen molar-refractivity contribution in [3.63, 3.8) is 0 Å². The first kappa shape index (κ1) is 20.1. The maximum atomic E-state index is 13.4. The predicted octanol–water partition coefficient (Wildman–Crippen LogP) is 4.95. The number of aromatic nitrogens is 1. The van der Waals surface area contributed by atoms with Crippen LogP contribution < -0.4 is 15.0 Å². The summed E-state index contributed by atoms with van der Waals surface area (Å²) in [4.78, 5) is 31.5. The van der Waals surface area contributed by atoms with Crippen LogP contribution in [-0.2, 0) is 9.59 Å². The Kier molecular flexibility index (Phi) is 5.61. The summed E-state index contributed by atoms with van der Waals surface area (Å²) in [5.74, 6) is 0.263. The lowest BCUT2D eigenvalue weighted by Gasteiger charge is -2.41. The summed E-state index contributed by atoms with van der Waals surface area (Å²) in [7, 11) is 0. The van der Waals surface area contributed by atoms with Gasteiger partial charge < -0.3 is 10.1 Å². The van der Waals surface area contributed by atoms with Crippen molar-refractivity contribution < 1.29 is 14.3 Å². The molecule has 1 aromatic heterocycles. The Labute approximate surface area is 169 Å². The van der Waals surface area contributed by atoms with Crippen LogP contribution in [0.2, 0.25) is 5.02 Å². The van der Waals surface area contributed by atoms with Gasteiger partial charge in [0, 0.05) is 16.6 Å². The summed E-state index contributed by atoms with van der Waals surface area (Å²) in [6, 6.07) is 10.5. The molecule has 28 heavy (non-hydrogen) atoms. The smallest absolute Gasteiger partial charge is 0.275 e. The van der Waals surface area contributed by atoms with E-state index in [2.05, 4.69) is 10.3 Å². The topological polar surface area (TPSA) is 71.5 Å². The van der Waals surface area contributed by atoms with Crippen molar-refractivity contribution in [1.29, 1.82) is 0 Å². The fourth-order valence-corrected chi connectivity index (χ4v) is 3.23. The summed E-state index contributed by atoms with van der Waals surface area (Å²) < 4.78 is 6.11. The Bertz CT molecular complexity index is 892. The fourth-order valence-electron chi connectivity index (χ4n) is 3.10. The maximum Gasteiger partial charge on any atom is 0.275 e. The van der Waals surface area contributed by atoms with E-state index >= 15 is 0 Å². The molecule has 0 spiro atoms. The second kappa shape index (κ2) is 7.80. The molecule has 1 aromatic carbocycles. The molecular formula is C21H24ClN3O3. The van der Waals surface area contributed by atoms with E-state index in [9.17, 15) is 9.59 Å². The van der Waals surface area contributed by atoms with Crippen LogP contribution in [0.5, 0.6) is 5.88 Å². The van der Waals surface area contributed by atoms with Gasteiger partial charge in [0.25, 0.3) is 5.91 Å².